The molecule has 88 valence electrons. The number of benzene rings is 2. The molecular formula is C15H15FO. The molecule has 0 amide bonds. The molecule has 2 heteroatoms. The van der Waals surface area contributed by atoms with Crippen molar-refractivity contribution < 1.29 is 9.50 Å². The molecular weight excluding hydrogens is 215 g/mol. The maximum absolute atomic E-state index is 13.1. The van der Waals surface area contributed by atoms with Crippen molar-refractivity contribution in [3.63, 3.8) is 0 Å². The predicted molar refractivity (Wildman–Crippen MR) is 67.6 cm³/mol. The Morgan fingerprint density at radius 2 is 1.65 bits per heavy atom. The van der Waals surface area contributed by atoms with Crippen molar-refractivity contribution in [2.75, 3.05) is 0 Å². The van der Waals surface area contributed by atoms with E-state index in [9.17, 15) is 9.50 Å². The van der Waals surface area contributed by atoms with Crippen LogP contribution in [0.5, 0.6) is 5.75 Å². The molecule has 1 N–H and O–H groups in total. The van der Waals surface area contributed by atoms with Crippen molar-refractivity contribution in [3.05, 3.63) is 53.8 Å². The number of aromatic hydroxyl groups is 1. The van der Waals surface area contributed by atoms with Crippen LogP contribution in [0.4, 0.5) is 4.39 Å². The Morgan fingerprint density at radius 3 is 2.24 bits per heavy atom. The van der Waals surface area contributed by atoms with Gasteiger partial charge in [0.1, 0.15) is 11.6 Å². The van der Waals surface area contributed by atoms with Crippen LogP contribution in [0.25, 0.3) is 11.1 Å². The molecule has 0 radical (unpaired) electrons. The Morgan fingerprint density at radius 1 is 1.00 bits per heavy atom. The molecule has 2 aromatic rings. The fourth-order valence-electron chi connectivity index (χ4n) is 1.79. The zero-order chi connectivity index (χ0) is 12.4. The van der Waals surface area contributed by atoms with E-state index >= 15 is 0 Å². The lowest BCUT2D eigenvalue weighted by Crippen LogP contribution is -1.87. The molecule has 1 nitrogen and oxygen atoms in total. The summed E-state index contributed by atoms with van der Waals surface area (Å²) in [6, 6.07) is 11.8. The molecule has 2 rings (SSSR count). The summed E-state index contributed by atoms with van der Waals surface area (Å²) in [6.07, 6.45) is 0. The summed E-state index contributed by atoms with van der Waals surface area (Å²) in [6.45, 7) is 4.24. The molecule has 0 atom stereocenters. The van der Waals surface area contributed by atoms with Gasteiger partial charge in [-0.1, -0.05) is 38.1 Å². The smallest absolute Gasteiger partial charge is 0.124 e. The number of hydrogen-bond donors (Lipinski definition) is 1. The first-order valence-electron chi connectivity index (χ1n) is 5.67. The lowest BCUT2D eigenvalue weighted by molar-refractivity contribution is 0.475. The van der Waals surface area contributed by atoms with Crippen LogP contribution in [-0.4, -0.2) is 5.11 Å². The normalized spacial score (nSPS) is 10.8. The van der Waals surface area contributed by atoms with Gasteiger partial charge in [0, 0.05) is 5.56 Å². The third-order valence-corrected chi connectivity index (χ3v) is 2.85. The van der Waals surface area contributed by atoms with E-state index in [2.05, 4.69) is 13.8 Å². The highest BCUT2D eigenvalue weighted by molar-refractivity contribution is 5.70. The third kappa shape index (κ3) is 2.47. The Bertz CT molecular complexity index is 515. The molecule has 0 fully saturated rings. The molecule has 17 heavy (non-hydrogen) atoms. The maximum Gasteiger partial charge on any atom is 0.124 e. The summed E-state index contributed by atoms with van der Waals surface area (Å²) >= 11 is 0. The van der Waals surface area contributed by atoms with Crippen LogP contribution in [0.15, 0.2) is 42.5 Å². The van der Waals surface area contributed by atoms with Gasteiger partial charge in [-0.3, -0.25) is 0 Å². The lowest BCUT2D eigenvalue weighted by atomic mass is 9.98. The van der Waals surface area contributed by atoms with E-state index in [0.717, 1.165) is 5.56 Å². The number of hydrogen-bond acceptors (Lipinski definition) is 1. The van der Waals surface area contributed by atoms with Gasteiger partial charge in [0.15, 0.2) is 0 Å². The van der Waals surface area contributed by atoms with Gasteiger partial charge in [-0.2, -0.15) is 0 Å². The molecule has 2 aromatic carbocycles. The minimum Gasteiger partial charge on any atom is -0.507 e. The zero-order valence-corrected chi connectivity index (χ0v) is 9.94. The number of rotatable bonds is 2. The van der Waals surface area contributed by atoms with Gasteiger partial charge >= 0.3 is 0 Å². The largest absolute Gasteiger partial charge is 0.507 e. The Balaban J connectivity index is 2.43. The van der Waals surface area contributed by atoms with E-state index in [1.807, 2.05) is 24.3 Å². The molecule has 0 saturated carbocycles. The highest BCUT2D eigenvalue weighted by atomic mass is 19.1. The van der Waals surface area contributed by atoms with E-state index in [0.29, 0.717) is 11.5 Å². The maximum atomic E-state index is 13.1. The Labute approximate surface area is 101 Å². The van der Waals surface area contributed by atoms with E-state index in [1.54, 1.807) is 0 Å². The zero-order valence-electron chi connectivity index (χ0n) is 9.94. The quantitative estimate of drug-likeness (QED) is 0.814. The second-order valence-corrected chi connectivity index (χ2v) is 4.44. The van der Waals surface area contributed by atoms with Crippen molar-refractivity contribution in [1.82, 2.24) is 0 Å². The van der Waals surface area contributed by atoms with Gasteiger partial charge in [0.05, 0.1) is 0 Å². The van der Waals surface area contributed by atoms with Crippen molar-refractivity contribution in [3.8, 4) is 16.9 Å². The second-order valence-electron chi connectivity index (χ2n) is 4.44. The molecule has 0 aliphatic rings. The van der Waals surface area contributed by atoms with E-state index in [-0.39, 0.29) is 11.6 Å². The molecule has 0 bridgehead atoms. The van der Waals surface area contributed by atoms with Crippen molar-refractivity contribution >= 4 is 0 Å². The highest BCUT2D eigenvalue weighted by Crippen LogP contribution is 2.30. The Hall–Kier alpha value is -1.83. The van der Waals surface area contributed by atoms with E-state index < -0.39 is 0 Å². The molecule has 0 unspecified atom stereocenters. The number of phenolic OH excluding ortho intramolecular Hbond substituents is 1. The first-order valence-corrected chi connectivity index (χ1v) is 5.67. The highest BCUT2D eigenvalue weighted by Gasteiger charge is 2.06. The van der Waals surface area contributed by atoms with Gasteiger partial charge in [-0.15, -0.1) is 0 Å². The minimum absolute atomic E-state index is 0.101. The minimum atomic E-state index is -0.342. The first-order chi connectivity index (χ1) is 8.08. The summed E-state index contributed by atoms with van der Waals surface area (Å²) in [5, 5.41) is 9.70. The van der Waals surface area contributed by atoms with E-state index in [1.165, 1.54) is 23.8 Å². The van der Waals surface area contributed by atoms with Crippen LogP contribution in [0.3, 0.4) is 0 Å². The molecule has 0 aromatic heterocycles. The summed E-state index contributed by atoms with van der Waals surface area (Å²) in [7, 11) is 0. The SMILES string of the molecule is CC(C)c1ccc(-c2cc(F)ccc2O)cc1. The molecule has 0 aliphatic heterocycles. The van der Waals surface area contributed by atoms with Crippen LogP contribution in [0.2, 0.25) is 0 Å². The fourth-order valence-corrected chi connectivity index (χ4v) is 1.79. The van der Waals surface area contributed by atoms with E-state index in [4.69, 9.17) is 0 Å². The lowest BCUT2D eigenvalue weighted by Gasteiger charge is -2.08. The standard InChI is InChI=1S/C15H15FO/c1-10(2)11-3-5-12(6-4-11)14-9-13(16)7-8-15(14)17/h3-10,17H,1-2H3. The van der Waals surface area contributed by atoms with Crippen molar-refractivity contribution in [2.24, 2.45) is 0 Å². The van der Waals surface area contributed by atoms with Gasteiger partial charge < -0.3 is 5.11 Å². The second kappa shape index (κ2) is 4.58. The molecule has 0 spiro atoms. The molecule has 0 saturated heterocycles. The Kier molecular flexibility index (Phi) is 3.14. The average Bonchev–Trinajstić information content (AvgIpc) is 2.32. The van der Waals surface area contributed by atoms with Gasteiger partial charge in [-0.05, 0) is 35.2 Å². The van der Waals surface area contributed by atoms with Crippen molar-refractivity contribution in [2.45, 2.75) is 19.8 Å². The van der Waals surface area contributed by atoms with Gasteiger partial charge in [0.25, 0.3) is 0 Å². The topological polar surface area (TPSA) is 20.2 Å². The number of phenols is 1. The summed E-state index contributed by atoms with van der Waals surface area (Å²) < 4.78 is 13.1. The summed E-state index contributed by atoms with van der Waals surface area (Å²) in [5.74, 6) is 0.222. The fraction of sp³-hybridized carbons (Fsp3) is 0.200. The monoisotopic (exact) mass is 230 g/mol. The van der Waals surface area contributed by atoms with Crippen LogP contribution >= 0.6 is 0 Å². The van der Waals surface area contributed by atoms with Crippen LogP contribution in [0, 0.1) is 5.82 Å². The van der Waals surface area contributed by atoms with Gasteiger partial charge in [-0.25, -0.2) is 4.39 Å². The first kappa shape index (κ1) is 11.6. The summed E-state index contributed by atoms with van der Waals surface area (Å²) in [4.78, 5) is 0. The van der Waals surface area contributed by atoms with Crippen molar-refractivity contribution in [1.29, 1.82) is 0 Å². The van der Waals surface area contributed by atoms with Crippen LogP contribution < -0.4 is 0 Å². The van der Waals surface area contributed by atoms with Gasteiger partial charge in [0.2, 0.25) is 0 Å². The number of halogens is 1. The average molecular weight is 230 g/mol. The summed E-state index contributed by atoms with van der Waals surface area (Å²) in [5.41, 5.74) is 2.58. The third-order valence-electron chi connectivity index (χ3n) is 2.85. The van der Waals surface area contributed by atoms with Crippen LogP contribution in [-0.2, 0) is 0 Å². The predicted octanol–water partition coefficient (Wildman–Crippen LogP) is 4.32. The molecule has 0 aliphatic carbocycles. The van der Waals surface area contributed by atoms with Crippen LogP contribution in [0.1, 0.15) is 25.3 Å². The molecule has 0 heterocycles.